The second kappa shape index (κ2) is 3.02. The van der Waals surface area contributed by atoms with Crippen LogP contribution in [-0.4, -0.2) is 16.3 Å². The van der Waals surface area contributed by atoms with Crippen molar-refractivity contribution in [1.82, 2.24) is 4.90 Å². The zero-order valence-electron chi connectivity index (χ0n) is 8.85. The molecule has 2 nitrogen and oxygen atoms in total. The molecule has 0 bridgehead atoms. The number of hydrogen-bond acceptors (Lipinski definition) is 1. The molecule has 0 saturated heterocycles. The van der Waals surface area contributed by atoms with Crippen LogP contribution in [0.2, 0.25) is 0 Å². The van der Waals surface area contributed by atoms with Gasteiger partial charge in [-0.15, -0.1) is 0 Å². The van der Waals surface area contributed by atoms with Crippen LogP contribution in [0.5, 0.6) is 0 Å². The Morgan fingerprint density at radius 1 is 1.46 bits per heavy atom. The number of amides is 1. The Morgan fingerprint density at radius 2 is 2.00 bits per heavy atom. The van der Waals surface area contributed by atoms with Crippen molar-refractivity contribution in [3.63, 3.8) is 0 Å². The highest BCUT2D eigenvalue weighted by Gasteiger charge is 2.28. The SMILES string of the molecule is C=C1CC(=O)N(C(C)(C)C)C=C1C. The molecule has 13 heavy (non-hydrogen) atoms. The van der Waals surface area contributed by atoms with E-state index in [1.807, 2.05) is 33.9 Å². The molecule has 0 fully saturated rings. The van der Waals surface area contributed by atoms with Crippen LogP contribution >= 0.6 is 0 Å². The van der Waals surface area contributed by atoms with E-state index < -0.39 is 0 Å². The third-order valence-corrected chi connectivity index (χ3v) is 2.24. The fourth-order valence-electron chi connectivity index (χ4n) is 1.33. The molecule has 1 aliphatic rings. The van der Waals surface area contributed by atoms with Gasteiger partial charge in [-0.3, -0.25) is 4.79 Å². The van der Waals surface area contributed by atoms with E-state index in [1.165, 1.54) is 0 Å². The Bertz CT molecular complexity index is 281. The molecule has 0 saturated carbocycles. The molecular weight excluding hydrogens is 162 g/mol. The van der Waals surface area contributed by atoms with E-state index in [9.17, 15) is 4.79 Å². The molecule has 0 aromatic heterocycles. The quantitative estimate of drug-likeness (QED) is 0.559. The number of nitrogens with zero attached hydrogens (tertiary/aromatic N) is 1. The Balaban J connectivity index is 3.01. The number of carbonyl (C=O) groups is 1. The summed E-state index contributed by atoms with van der Waals surface area (Å²) < 4.78 is 0. The van der Waals surface area contributed by atoms with Crippen molar-refractivity contribution in [2.45, 2.75) is 39.7 Å². The summed E-state index contributed by atoms with van der Waals surface area (Å²) in [6, 6.07) is 0. The molecule has 1 amide bonds. The lowest BCUT2D eigenvalue weighted by Crippen LogP contribution is -2.43. The molecule has 1 aliphatic heterocycles. The molecule has 72 valence electrons. The van der Waals surface area contributed by atoms with E-state index in [4.69, 9.17) is 0 Å². The number of carbonyl (C=O) groups excluding carboxylic acids is 1. The third-order valence-electron chi connectivity index (χ3n) is 2.24. The monoisotopic (exact) mass is 179 g/mol. The number of hydrogen-bond donors (Lipinski definition) is 0. The Kier molecular flexibility index (Phi) is 2.33. The van der Waals surface area contributed by atoms with Crippen molar-refractivity contribution in [3.8, 4) is 0 Å². The molecule has 0 radical (unpaired) electrons. The predicted molar refractivity (Wildman–Crippen MR) is 54.1 cm³/mol. The molecule has 0 N–H and O–H groups in total. The summed E-state index contributed by atoms with van der Waals surface area (Å²) >= 11 is 0. The maximum absolute atomic E-state index is 11.6. The van der Waals surface area contributed by atoms with E-state index in [2.05, 4.69) is 6.58 Å². The van der Waals surface area contributed by atoms with E-state index >= 15 is 0 Å². The first-order valence-electron chi connectivity index (χ1n) is 4.51. The normalized spacial score (nSPS) is 19.1. The number of allylic oxidation sites excluding steroid dienone is 1. The first-order valence-corrected chi connectivity index (χ1v) is 4.51. The minimum Gasteiger partial charge on any atom is -0.313 e. The molecule has 1 rings (SSSR count). The van der Waals surface area contributed by atoms with E-state index in [0.717, 1.165) is 11.1 Å². The van der Waals surface area contributed by atoms with Crippen molar-refractivity contribution in [3.05, 3.63) is 23.9 Å². The second-order valence-electron chi connectivity index (χ2n) is 4.53. The van der Waals surface area contributed by atoms with Gasteiger partial charge in [-0.1, -0.05) is 6.58 Å². The van der Waals surface area contributed by atoms with Crippen molar-refractivity contribution >= 4 is 5.91 Å². The summed E-state index contributed by atoms with van der Waals surface area (Å²) in [4.78, 5) is 13.4. The highest BCUT2D eigenvalue weighted by molar-refractivity contribution is 5.83. The van der Waals surface area contributed by atoms with Crippen molar-refractivity contribution < 1.29 is 4.79 Å². The topological polar surface area (TPSA) is 20.3 Å². The fourth-order valence-corrected chi connectivity index (χ4v) is 1.33. The van der Waals surface area contributed by atoms with Crippen LogP contribution in [-0.2, 0) is 4.79 Å². The summed E-state index contributed by atoms with van der Waals surface area (Å²) in [5.74, 6) is 0.142. The molecule has 0 spiro atoms. The summed E-state index contributed by atoms with van der Waals surface area (Å²) in [6.45, 7) is 11.9. The van der Waals surface area contributed by atoms with Gasteiger partial charge in [0.15, 0.2) is 0 Å². The zero-order chi connectivity index (χ0) is 10.2. The van der Waals surface area contributed by atoms with Crippen LogP contribution < -0.4 is 0 Å². The van der Waals surface area contributed by atoms with Crippen LogP contribution in [0.3, 0.4) is 0 Å². The van der Waals surface area contributed by atoms with Gasteiger partial charge < -0.3 is 4.90 Å². The van der Waals surface area contributed by atoms with Gasteiger partial charge in [0.2, 0.25) is 5.91 Å². The van der Waals surface area contributed by atoms with Crippen LogP contribution in [0.4, 0.5) is 0 Å². The van der Waals surface area contributed by atoms with Gasteiger partial charge >= 0.3 is 0 Å². The van der Waals surface area contributed by atoms with Gasteiger partial charge in [0.05, 0.1) is 6.42 Å². The fraction of sp³-hybridized carbons (Fsp3) is 0.545. The molecule has 0 unspecified atom stereocenters. The second-order valence-corrected chi connectivity index (χ2v) is 4.53. The van der Waals surface area contributed by atoms with Gasteiger partial charge in [0.25, 0.3) is 0 Å². The van der Waals surface area contributed by atoms with Gasteiger partial charge in [-0.05, 0) is 38.8 Å². The van der Waals surface area contributed by atoms with Gasteiger partial charge in [-0.2, -0.15) is 0 Å². The summed E-state index contributed by atoms with van der Waals surface area (Å²) in [6.07, 6.45) is 2.35. The first-order chi connectivity index (χ1) is 5.82. The third kappa shape index (κ3) is 2.00. The van der Waals surface area contributed by atoms with E-state index in [-0.39, 0.29) is 11.4 Å². The largest absolute Gasteiger partial charge is 0.313 e. The van der Waals surface area contributed by atoms with Crippen molar-refractivity contribution in [2.24, 2.45) is 0 Å². The summed E-state index contributed by atoms with van der Waals surface area (Å²) in [5.41, 5.74) is 1.92. The maximum Gasteiger partial charge on any atom is 0.231 e. The Morgan fingerprint density at radius 3 is 2.46 bits per heavy atom. The standard InChI is InChI=1S/C11H17NO/c1-8-6-10(13)12(7-9(8)2)11(3,4)5/h7H,1,6H2,2-5H3. The minimum atomic E-state index is -0.126. The minimum absolute atomic E-state index is 0.126. The number of rotatable bonds is 0. The van der Waals surface area contributed by atoms with E-state index in [1.54, 1.807) is 4.90 Å². The molecule has 0 atom stereocenters. The lowest BCUT2D eigenvalue weighted by molar-refractivity contribution is -0.132. The molecule has 0 aromatic carbocycles. The maximum atomic E-state index is 11.6. The van der Waals surface area contributed by atoms with Gasteiger partial charge in [0.1, 0.15) is 0 Å². The Hall–Kier alpha value is -1.05. The highest BCUT2D eigenvalue weighted by atomic mass is 16.2. The van der Waals surface area contributed by atoms with E-state index in [0.29, 0.717) is 6.42 Å². The lowest BCUT2D eigenvalue weighted by Gasteiger charge is -2.36. The van der Waals surface area contributed by atoms with Crippen LogP contribution in [0.1, 0.15) is 34.1 Å². The Labute approximate surface area is 79.9 Å². The molecule has 1 heterocycles. The molecule has 2 heteroatoms. The molecule has 0 aromatic rings. The van der Waals surface area contributed by atoms with Gasteiger partial charge in [0, 0.05) is 11.7 Å². The first kappa shape index (κ1) is 10.0. The predicted octanol–water partition coefficient (Wildman–Crippen LogP) is 2.48. The van der Waals surface area contributed by atoms with Crippen LogP contribution in [0.15, 0.2) is 23.9 Å². The molecule has 0 aliphatic carbocycles. The van der Waals surface area contributed by atoms with Crippen LogP contribution in [0.25, 0.3) is 0 Å². The average Bonchev–Trinajstić information content (AvgIpc) is 1.94. The van der Waals surface area contributed by atoms with Crippen molar-refractivity contribution in [1.29, 1.82) is 0 Å². The zero-order valence-corrected chi connectivity index (χ0v) is 8.85. The highest BCUT2D eigenvalue weighted by Crippen LogP contribution is 2.25. The smallest absolute Gasteiger partial charge is 0.231 e. The average molecular weight is 179 g/mol. The van der Waals surface area contributed by atoms with Crippen molar-refractivity contribution in [2.75, 3.05) is 0 Å². The summed E-state index contributed by atoms with van der Waals surface area (Å²) in [7, 11) is 0. The lowest BCUT2D eigenvalue weighted by atomic mass is 9.98. The summed E-state index contributed by atoms with van der Waals surface area (Å²) in [5, 5.41) is 0. The van der Waals surface area contributed by atoms with Gasteiger partial charge in [-0.25, -0.2) is 0 Å². The molecular formula is C11H17NO. The van der Waals surface area contributed by atoms with Crippen LogP contribution in [0, 0.1) is 0 Å².